The second-order valence-electron chi connectivity index (χ2n) is 4.46. The molecule has 0 bridgehead atoms. The van der Waals surface area contributed by atoms with Gasteiger partial charge in [-0.25, -0.2) is 0 Å². The Balaban J connectivity index is 2.57. The molecule has 98 valence electrons. The Bertz CT molecular complexity index is 274. The van der Waals surface area contributed by atoms with Gasteiger partial charge in [-0.3, -0.25) is 0 Å². The quantitative estimate of drug-likeness (QED) is 0.729. The predicted molar refractivity (Wildman–Crippen MR) is 75.8 cm³/mol. The molecule has 0 aliphatic heterocycles. The zero-order valence-electron chi connectivity index (χ0n) is 11.2. The summed E-state index contributed by atoms with van der Waals surface area (Å²) in [7, 11) is 1.83. The van der Waals surface area contributed by atoms with Crippen LogP contribution in [0.5, 0.6) is 0 Å². The highest BCUT2D eigenvalue weighted by Crippen LogP contribution is 2.14. The second kappa shape index (κ2) is 8.67. The lowest BCUT2D eigenvalue weighted by Gasteiger charge is -2.26. The molecule has 1 aromatic heterocycles. The Morgan fingerprint density at radius 2 is 2.18 bits per heavy atom. The summed E-state index contributed by atoms with van der Waals surface area (Å²) in [6, 6.07) is 2.65. The number of hydrogen-bond acceptors (Lipinski definition) is 3. The van der Waals surface area contributed by atoms with Gasteiger partial charge in [0.05, 0.1) is 6.10 Å². The molecule has 0 fully saturated rings. The number of rotatable bonds is 9. The van der Waals surface area contributed by atoms with Crippen molar-refractivity contribution in [3.05, 3.63) is 22.4 Å². The number of ether oxygens (including phenoxy) is 1. The highest BCUT2D eigenvalue weighted by atomic mass is 32.1. The topological polar surface area (TPSA) is 21.3 Å². The highest BCUT2D eigenvalue weighted by molar-refractivity contribution is 7.07. The van der Waals surface area contributed by atoms with Gasteiger partial charge in [0.1, 0.15) is 0 Å². The molecule has 0 aliphatic rings. The van der Waals surface area contributed by atoms with Crippen molar-refractivity contribution in [2.24, 2.45) is 0 Å². The summed E-state index contributed by atoms with van der Waals surface area (Å²) in [6.45, 7) is 5.49. The first-order chi connectivity index (χ1) is 8.31. The van der Waals surface area contributed by atoms with Gasteiger partial charge in [0.15, 0.2) is 0 Å². The SMILES string of the molecule is CCCNC(Cc1ccsc1)C(CCC)OC. The van der Waals surface area contributed by atoms with E-state index in [2.05, 4.69) is 36.0 Å². The molecule has 0 amide bonds. The molecule has 0 radical (unpaired) electrons. The van der Waals surface area contributed by atoms with Crippen molar-refractivity contribution in [3.63, 3.8) is 0 Å². The van der Waals surface area contributed by atoms with Crippen LogP contribution in [0.4, 0.5) is 0 Å². The summed E-state index contributed by atoms with van der Waals surface area (Å²) in [5, 5.41) is 8.01. The molecule has 17 heavy (non-hydrogen) atoms. The van der Waals surface area contributed by atoms with E-state index in [-0.39, 0.29) is 0 Å². The molecule has 0 saturated heterocycles. The minimum absolute atomic E-state index is 0.325. The maximum atomic E-state index is 5.64. The fourth-order valence-corrected chi connectivity index (χ4v) is 2.78. The molecule has 2 nitrogen and oxygen atoms in total. The number of thiophene rings is 1. The largest absolute Gasteiger partial charge is 0.380 e. The van der Waals surface area contributed by atoms with Crippen LogP contribution in [0.2, 0.25) is 0 Å². The zero-order valence-corrected chi connectivity index (χ0v) is 12.1. The van der Waals surface area contributed by atoms with E-state index in [1.807, 2.05) is 7.11 Å². The third kappa shape index (κ3) is 5.19. The van der Waals surface area contributed by atoms with Crippen molar-refractivity contribution in [1.29, 1.82) is 0 Å². The van der Waals surface area contributed by atoms with Crippen LogP contribution in [0.25, 0.3) is 0 Å². The Morgan fingerprint density at radius 1 is 1.35 bits per heavy atom. The first-order valence-electron chi connectivity index (χ1n) is 6.59. The van der Waals surface area contributed by atoms with E-state index >= 15 is 0 Å². The fourth-order valence-electron chi connectivity index (χ4n) is 2.10. The standard InChI is InChI=1S/C14H25NOS/c1-4-6-14(16-3)13(15-8-5-2)10-12-7-9-17-11-12/h7,9,11,13-15H,4-6,8,10H2,1-3H3. The second-order valence-corrected chi connectivity index (χ2v) is 5.24. The van der Waals surface area contributed by atoms with Gasteiger partial charge in [0.25, 0.3) is 0 Å². The van der Waals surface area contributed by atoms with Gasteiger partial charge in [0, 0.05) is 13.2 Å². The number of hydrogen-bond donors (Lipinski definition) is 1. The van der Waals surface area contributed by atoms with Gasteiger partial charge in [-0.1, -0.05) is 20.3 Å². The molecule has 2 unspecified atom stereocenters. The molecule has 0 aromatic carbocycles. The molecular weight excluding hydrogens is 230 g/mol. The van der Waals surface area contributed by atoms with Gasteiger partial charge >= 0.3 is 0 Å². The molecule has 0 saturated carbocycles. The third-order valence-electron chi connectivity index (χ3n) is 3.02. The first kappa shape index (κ1) is 14.7. The van der Waals surface area contributed by atoms with Crippen molar-refractivity contribution in [1.82, 2.24) is 5.32 Å². The van der Waals surface area contributed by atoms with E-state index in [1.165, 1.54) is 18.4 Å². The van der Waals surface area contributed by atoms with Crippen LogP contribution < -0.4 is 5.32 Å². The Kier molecular flexibility index (Phi) is 7.49. The molecule has 1 aromatic rings. The van der Waals surface area contributed by atoms with Crippen LogP contribution in [-0.2, 0) is 11.2 Å². The van der Waals surface area contributed by atoms with Gasteiger partial charge in [0.2, 0.25) is 0 Å². The smallest absolute Gasteiger partial charge is 0.0727 e. The average molecular weight is 255 g/mol. The lowest BCUT2D eigenvalue weighted by molar-refractivity contribution is 0.0609. The van der Waals surface area contributed by atoms with Crippen molar-refractivity contribution >= 4 is 11.3 Å². The summed E-state index contributed by atoms with van der Waals surface area (Å²) in [4.78, 5) is 0. The van der Waals surface area contributed by atoms with Crippen LogP contribution in [0.3, 0.4) is 0 Å². The molecule has 1 N–H and O–H groups in total. The number of nitrogens with one attached hydrogen (secondary N) is 1. The zero-order chi connectivity index (χ0) is 12.5. The first-order valence-corrected chi connectivity index (χ1v) is 7.53. The normalized spacial score (nSPS) is 14.8. The van der Waals surface area contributed by atoms with Gasteiger partial charge in [-0.2, -0.15) is 11.3 Å². The maximum Gasteiger partial charge on any atom is 0.0727 e. The van der Waals surface area contributed by atoms with E-state index < -0.39 is 0 Å². The molecule has 1 heterocycles. The molecule has 2 atom stereocenters. The van der Waals surface area contributed by atoms with Gasteiger partial charge < -0.3 is 10.1 Å². The molecule has 0 spiro atoms. The van der Waals surface area contributed by atoms with Crippen LogP contribution >= 0.6 is 11.3 Å². The third-order valence-corrected chi connectivity index (χ3v) is 3.75. The molecule has 0 aliphatic carbocycles. The lowest BCUT2D eigenvalue weighted by Crippen LogP contribution is -2.42. The summed E-state index contributed by atoms with van der Waals surface area (Å²) in [5.74, 6) is 0. The molecule has 3 heteroatoms. The lowest BCUT2D eigenvalue weighted by atomic mass is 9.99. The highest BCUT2D eigenvalue weighted by Gasteiger charge is 2.20. The maximum absolute atomic E-state index is 5.64. The average Bonchev–Trinajstić information content (AvgIpc) is 2.84. The molecule has 1 rings (SSSR count). The summed E-state index contributed by atoms with van der Waals surface area (Å²) in [5.41, 5.74) is 1.42. The van der Waals surface area contributed by atoms with E-state index in [9.17, 15) is 0 Å². The minimum Gasteiger partial charge on any atom is -0.380 e. The Morgan fingerprint density at radius 3 is 2.71 bits per heavy atom. The van der Waals surface area contributed by atoms with Crippen molar-refractivity contribution in [2.45, 2.75) is 51.7 Å². The van der Waals surface area contributed by atoms with Gasteiger partial charge in [-0.15, -0.1) is 0 Å². The Hall–Kier alpha value is -0.380. The number of methoxy groups -OCH3 is 1. The summed E-state index contributed by atoms with van der Waals surface area (Å²) in [6.07, 6.45) is 4.87. The molecular formula is C14H25NOS. The van der Waals surface area contributed by atoms with E-state index in [0.29, 0.717) is 12.1 Å². The van der Waals surface area contributed by atoms with Gasteiger partial charge in [-0.05, 0) is 48.2 Å². The van der Waals surface area contributed by atoms with E-state index in [4.69, 9.17) is 4.74 Å². The summed E-state index contributed by atoms with van der Waals surface area (Å²) < 4.78 is 5.64. The Labute approximate surface area is 109 Å². The minimum atomic E-state index is 0.325. The fraction of sp³-hybridized carbons (Fsp3) is 0.714. The van der Waals surface area contributed by atoms with Crippen LogP contribution in [0, 0.1) is 0 Å². The van der Waals surface area contributed by atoms with Crippen LogP contribution in [0.1, 0.15) is 38.7 Å². The van der Waals surface area contributed by atoms with Crippen molar-refractivity contribution in [3.8, 4) is 0 Å². The van der Waals surface area contributed by atoms with E-state index in [0.717, 1.165) is 19.4 Å². The summed E-state index contributed by atoms with van der Waals surface area (Å²) >= 11 is 1.77. The van der Waals surface area contributed by atoms with Crippen LogP contribution in [-0.4, -0.2) is 25.8 Å². The van der Waals surface area contributed by atoms with Crippen LogP contribution in [0.15, 0.2) is 16.8 Å². The monoisotopic (exact) mass is 255 g/mol. The van der Waals surface area contributed by atoms with E-state index in [1.54, 1.807) is 11.3 Å². The predicted octanol–water partition coefficient (Wildman–Crippen LogP) is 3.47. The van der Waals surface area contributed by atoms with Crippen molar-refractivity contribution in [2.75, 3.05) is 13.7 Å². The van der Waals surface area contributed by atoms with Crippen molar-refractivity contribution < 1.29 is 4.74 Å².